The van der Waals surface area contributed by atoms with Gasteiger partial charge in [-0.15, -0.1) is 0 Å². The van der Waals surface area contributed by atoms with Gasteiger partial charge in [0, 0.05) is 18.2 Å². The van der Waals surface area contributed by atoms with Crippen LogP contribution in [-0.2, 0) is 6.42 Å². The zero-order valence-electron chi connectivity index (χ0n) is 12.8. The summed E-state index contributed by atoms with van der Waals surface area (Å²) in [6, 6.07) is 0.597. The van der Waals surface area contributed by atoms with Crippen LogP contribution in [0.5, 0.6) is 0 Å². The number of nitrogens with zero attached hydrogens (tertiary/aromatic N) is 2. The quantitative estimate of drug-likeness (QED) is 0.744. The van der Waals surface area contributed by atoms with Gasteiger partial charge in [0.25, 0.3) is 0 Å². The first-order valence-corrected chi connectivity index (χ1v) is 7.54. The molecule has 0 saturated carbocycles. The lowest BCUT2D eigenvalue weighted by molar-refractivity contribution is 0.360. The van der Waals surface area contributed by atoms with E-state index in [1.165, 1.54) is 30.1 Å². The molecule has 2 rings (SSSR count). The van der Waals surface area contributed by atoms with Gasteiger partial charge in [-0.25, -0.2) is 4.98 Å². The molecule has 2 heteroatoms. The number of imidazole rings is 1. The Balaban J connectivity index is 2.58. The van der Waals surface area contributed by atoms with Crippen molar-refractivity contribution in [1.29, 1.82) is 0 Å². The van der Waals surface area contributed by atoms with Gasteiger partial charge in [-0.1, -0.05) is 34.6 Å². The minimum atomic E-state index is 0.532. The van der Waals surface area contributed by atoms with Gasteiger partial charge in [0.2, 0.25) is 0 Å². The maximum atomic E-state index is 4.98. The van der Waals surface area contributed by atoms with Crippen molar-refractivity contribution in [2.24, 2.45) is 5.92 Å². The zero-order valence-corrected chi connectivity index (χ0v) is 12.8. The Labute approximate surface area is 112 Å². The fourth-order valence-electron chi connectivity index (χ4n) is 3.22. The lowest BCUT2D eigenvalue weighted by atomic mass is 9.96. The van der Waals surface area contributed by atoms with Crippen molar-refractivity contribution in [3.8, 4) is 0 Å². The van der Waals surface area contributed by atoms with E-state index in [1.54, 1.807) is 0 Å². The molecule has 0 fully saturated rings. The highest BCUT2D eigenvalue weighted by Gasteiger charge is 2.28. The third kappa shape index (κ3) is 2.22. The van der Waals surface area contributed by atoms with Crippen molar-refractivity contribution in [2.75, 3.05) is 0 Å². The van der Waals surface area contributed by atoms with E-state index in [0.717, 1.165) is 12.3 Å². The van der Waals surface area contributed by atoms with Crippen molar-refractivity contribution in [3.05, 3.63) is 17.2 Å². The monoisotopic (exact) mass is 248 g/mol. The van der Waals surface area contributed by atoms with Crippen LogP contribution in [0.25, 0.3) is 0 Å². The second-order valence-corrected chi connectivity index (χ2v) is 6.59. The molecule has 0 radical (unpaired) electrons. The first-order chi connectivity index (χ1) is 8.43. The van der Waals surface area contributed by atoms with E-state index >= 15 is 0 Å². The number of aromatic nitrogens is 2. The Kier molecular flexibility index (Phi) is 3.84. The molecule has 1 aliphatic rings. The topological polar surface area (TPSA) is 17.8 Å². The van der Waals surface area contributed by atoms with Crippen LogP contribution in [0, 0.1) is 5.92 Å². The molecular formula is C16H28N2. The predicted molar refractivity (Wildman–Crippen MR) is 77.2 cm³/mol. The van der Waals surface area contributed by atoms with Crippen molar-refractivity contribution < 1.29 is 0 Å². The van der Waals surface area contributed by atoms with Crippen LogP contribution in [-0.4, -0.2) is 9.55 Å². The van der Waals surface area contributed by atoms with Gasteiger partial charge in [-0.2, -0.15) is 0 Å². The van der Waals surface area contributed by atoms with Gasteiger partial charge < -0.3 is 4.57 Å². The largest absolute Gasteiger partial charge is 0.328 e. The number of hydrogen-bond acceptors (Lipinski definition) is 1. The predicted octanol–water partition coefficient (Wildman–Crippen LogP) is 4.66. The second-order valence-electron chi connectivity index (χ2n) is 6.59. The summed E-state index contributed by atoms with van der Waals surface area (Å²) in [4.78, 5) is 4.98. The molecule has 0 aromatic carbocycles. The molecule has 1 aliphatic heterocycles. The molecule has 2 nitrogen and oxygen atoms in total. The van der Waals surface area contributed by atoms with E-state index in [-0.39, 0.29) is 0 Å². The molecule has 0 amide bonds. The Morgan fingerprint density at radius 2 is 1.78 bits per heavy atom. The van der Waals surface area contributed by atoms with E-state index in [9.17, 15) is 0 Å². The Morgan fingerprint density at radius 1 is 1.11 bits per heavy atom. The van der Waals surface area contributed by atoms with Crippen molar-refractivity contribution in [3.63, 3.8) is 0 Å². The van der Waals surface area contributed by atoms with Crippen LogP contribution in [0.15, 0.2) is 0 Å². The molecular weight excluding hydrogens is 220 g/mol. The Bertz CT molecular complexity index is 415. The third-order valence-electron chi connectivity index (χ3n) is 4.43. The highest BCUT2D eigenvalue weighted by molar-refractivity contribution is 5.25. The highest BCUT2D eigenvalue weighted by atomic mass is 15.1. The van der Waals surface area contributed by atoms with Gasteiger partial charge in [0.05, 0.1) is 5.69 Å². The summed E-state index contributed by atoms with van der Waals surface area (Å²) in [6.45, 7) is 13.9. The molecule has 0 aliphatic carbocycles. The molecule has 2 heterocycles. The van der Waals surface area contributed by atoms with Crippen LogP contribution in [0.1, 0.15) is 89.5 Å². The third-order valence-corrected chi connectivity index (χ3v) is 4.43. The van der Waals surface area contributed by atoms with E-state index < -0.39 is 0 Å². The molecule has 2 atom stereocenters. The number of rotatable bonds is 2. The number of fused-ring (bicyclic) bond motifs is 1. The summed E-state index contributed by atoms with van der Waals surface area (Å²) in [6.07, 6.45) is 3.78. The van der Waals surface area contributed by atoms with E-state index in [4.69, 9.17) is 4.98 Å². The number of aryl methyl sites for hydroxylation is 1. The molecule has 102 valence electrons. The van der Waals surface area contributed by atoms with Gasteiger partial charge in [-0.05, 0) is 37.5 Å². The summed E-state index contributed by atoms with van der Waals surface area (Å²) in [5, 5.41) is 0. The van der Waals surface area contributed by atoms with Crippen LogP contribution < -0.4 is 0 Å². The molecule has 0 bridgehead atoms. The van der Waals surface area contributed by atoms with Crippen LogP contribution in [0.3, 0.4) is 0 Å². The smallest absolute Gasteiger partial charge is 0.109 e. The summed E-state index contributed by atoms with van der Waals surface area (Å²) in [5.74, 6) is 3.19. The lowest BCUT2D eigenvalue weighted by Crippen LogP contribution is -2.17. The minimum Gasteiger partial charge on any atom is -0.328 e. The first kappa shape index (κ1) is 13.6. The fraction of sp³-hybridized carbons (Fsp3) is 0.812. The van der Waals surface area contributed by atoms with Crippen LogP contribution in [0.4, 0.5) is 0 Å². The summed E-state index contributed by atoms with van der Waals surface area (Å²) < 4.78 is 2.57. The average Bonchev–Trinajstić information content (AvgIpc) is 2.61. The minimum absolute atomic E-state index is 0.532. The average molecular weight is 248 g/mol. The normalized spacial score (nSPS) is 24.4. The lowest BCUT2D eigenvalue weighted by Gasteiger charge is -2.24. The summed E-state index contributed by atoms with van der Waals surface area (Å²) in [7, 11) is 0. The SMILES string of the molecule is CC(C)c1nc2n(c1C(C)C)C(C)C(C)CCC2. The summed E-state index contributed by atoms with van der Waals surface area (Å²) in [5.41, 5.74) is 2.82. The van der Waals surface area contributed by atoms with Crippen molar-refractivity contribution >= 4 is 0 Å². The second kappa shape index (κ2) is 5.07. The molecule has 1 aromatic heterocycles. The summed E-state index contributed by atoms with van der Waals surface area (Å²) >= 11 is 0. The van der Waals surface area contributed by atoms with Gasteiger partial charge >= 0.3 is 0 Å². The van der Waals surface area contributed by atoms with E-state index in [1.807, 2.05) is 0 Å². The molecule has 18 heavy (non-hydrogen) atoms. The Hall–Kier alpha value is -0.790. The fourth-order valence-corrected chi connectivity index (χ4v) is 3.22. The van der Waals surface area contributed by atoms with E-state index in [2.05, 4.69) is 46.1 Å². The Morgan fingerprint density at radius 3 is 2.33 bits per heavy atom. The standard InChI is InChI=1S/C16H28N2/c1-10(2)15-16(11(3)4)18-13(6)12(5)8-7-9-14(18)17-15/h10-13H,7-9H2,1-6H3. The van der Waals surface area contributed by atoms with Crippen molar-refractivity contribution in [2.45, 2.75) is 78.7 Å². The molecule has 2 unspecified atom stereocenters. The molecule has 0 N–H and O–H groups in total. The maximum absolute atomic E-state index is 4.98. The molecule has 0 spiro atoms. The first-order valence-electron chi connectivity index (χ1n) is 7.54. The van der Waals surface area contributed by atoms with Gasteiger partial charge in [0.15, 0.2) is 0 Å². The molecule has 0 saturated heterocycles. The zero-order chi connectivity index (χ0) is 13.4. The van der Waals surface area contributed by atoms with E-state index in [0.29, 0.717) is 17.9 Å². The molecule has 1 aromatic rings. The highest BCUT2D eigenvalue weighted by Crippen LogP contribution is 2.36. The van der Waals surface area contributed by atoms with Crippen LogP contribution >= 0.6 is 0 Å². The number of hydrogen-bond donors (Lipinski definition) is 0. The van der Waals surface area contributed by atoms with Gasteiger partial charge in [-0.3, -0.25) is 0 Å². The maximum Gasteiger partial charge on any atom is 0.109 e. The van der Waals surface area contributed by atoms with Crippen LogP contribution in [0.2, 0.25) is 0 Å². The van der Waals surface area contributed by atoms with Gasteiger partial charge in [0.1, 0.15) is 5.82 Å². The van der Waals surface area contributed by atoms with Crippen molar-refractivity contribution in [1.82, 2.24) is 9.55 Å².